The molecule has 1 saturated heterocycles. The van der Waals surface area contributed by atoms with Gasteiger partial charge in [-0.2, -0.15) is 0 Å². The number of hydrogen-bond donors (Lipinski definition) is 1. The van der Waals surface area contributed by atoms with Crippen LogP contribution in [0.1, 0.15) is 39.5 Å². The lowest BCUT2D eigenvalue weighted by molar-refractivity contribution is 0.360. The van der Waals surface area contributed by atoms with Gasteiger partial charge in [0.15, 0.2) is 0 Å². The van der Waals surface area contributed by atoms with Gasteiger partial charge in [0, 0.05) is 0 Å². The zero-order valence-corrected chi connectivity index (χ0v) is 8.47. The molecule has 0 spiro atoms. The van der Waals surface area contributed by atoms with Gasteiger partial charge in [0.2, 0.25) is 0 Å². The predicted molar refractivity (Wildman–Crippen MR) is 54.0 cm³/mol. The van der Waals surface area contributed by atoms with Crippen molar-refractivity contribution < 1.29 is 0 Å². The van der Waals surface area contributed by atoms with Crippen LogP contribution in [0, 0.1) is 18.3 Å². The maximum absolute atomic E-state index is 3.42. The van der Waals surface area contributed by atoms with Crippen molar-refractivity contribution in [2.75, 3.05) is 13.1 Å². The van der Waals surface area contributed by atoms with E-state index in [0.29, 0.717) is 0 Å². The van der Waals surface area contributed by atoms with Gasteiger partial charge in [-0.3, -0.25) is 0 Å². The molecule has 0 aromatic carbocycles. The Morgan fingerprint density at radius 3 is 3.00 bits per heavy atom. The van der Waals surface area contributed by atoms with Crippen LogP contribution in [0.5, 0.6) is 0 Å². The molecule has 0 bridgehead atoms. The minimum absolute atomic E-state index is 0.923. The van der Waals surface area contributed by atoms with Gasteiger partial charge in [-0.15, -0.1) is 0 Å². The zero-order valence-electron chi connectivity index (χ0n) is 8.47. The Balaban J connectivity index is 2.05. The molecule has 2 unspecified atom stereocenters. The van der Waals surface area contributed by atoms with E-state index in [1.807, 2.05) is 0 Å². The highest BCUT2D eigenvalue weighted by Gasteiger charge is 2.13. The summed E-state index contributed by atoms with van der Waals surface area (Å²) in [4.78, 5) is 0. The highest BCUT2D eigenvalue weighted by atomic mass is 14.9. The van der Waals surface area contributed by atoms with Gasteiger partial charge in [0.05, 0.1) is 0 Å². The normalized spacial score (nSPS) is 27.0. The minimum Gasteiger partial charge on any atom is -0.316 e. The van der Waals surface area contributed by atoms with Gasteiger partial charge < -0.3 is 5.32 Å². The van der Waals surface area contributed by atoms with E-state index in [9.17, 15) is 0 Å². The predicted octanol–water partition coefficient (Wildman–Crippen LogP) is 2.63. The minimum atomic E-state index is 0.923. The molecule has 0 amide bonds. The van der Waals surface area contributed by atoms with Gasteiger partial charge in [0.25, 0.3) is 0 Å². The van der Waals surface area contributed by atoms with E-state index in [1.54, 1.807) is 0 Å². The van der Waals surface area contributed by atoms with Crippen molar-refractivity contribution in [2.45, 2.75) is 39.5 Å². The third-order valence-corrected chi connectivity index (χ3v) is 2.99. The molecule has 71 valence electrons. The highest BCUT2D eigenvalue weighted by molar-refractivity contribution is 4.80. The Morgan fingerprint density at radius 2 is 2.42 bits per heavy atom. The van der Waals surface area contributed by atoms with Crippen LogP contribution in [0.15, 0.2) is 0 Å². The molecular formula is C11H22N. The summed E-state index contributed by atoms with van der Waals surface area (Å²) in [5, 5.41) is 3.42. The number of nitrogens with one attached hydrogen (secondary N) is 1. The fraction of sp³-hybridized carbons (Fsp3) is 0.909. The molecule has 1 heterocycles. The first kappa shape index (κ1) is 10.0. The molecule has 0 aromatic rings. The highest BCUT2D eigenvalue weighted by Crippen LogP contribution is 2.19. The molecule has 1 nitrogen and oxygen atoms in total. The van der Waals surface area contributed by atoms with E-state index in [0.717, 1.165) is 18.4 Å². The standard InChI is InChI=1S/C11H22N/c1-3-10(2)6-7-11-5-4-8-12-9-11/h4,10-12H,3,5-9H2,1-2H3. The Bertz CT molecular complexity index is 106. The molecule has 2 atom stereocenters. The molecule has 1 fully saturated rings. The monoisotopic (exact) mass is 168 g/mol. The van der Waals surface area contributed by atoms with E-state index in [1.165, 1.54) is 32.2 Å². The second-order valence-corrected chi connectivity index (χ2v) is 4.14. The first-order chi connectivity index (χ1) is 5.83. The fourth-order valence-corrected chi connectivity index (χ4v) is 1.74. The third-order valence-electron chi connectivity index (χ3n) is 2.99. The van der Waals surface area contributed by atoms with Crippen LogP contribution in [0.4, 0.5) is 0 Å². The van der Waals surface area contributed by atoms with Crippen LogP contribution in [0.3, 0.4) is 0 Å². The molecule has 1 rings (SSSR count). The number of rotatable bonds is 4. The van der Waals surface area contributed by atoms with Gasteiger partial charge in [-0.1, -0.05) is 26.7 Å². The van der Waals surface area contributed by atoms with Crippen LogP contribution < -0.4 is 5.32 Å². The Hall–Kier alpha value is -0.0400. The van der Waals surface area contributed by atoms with Crippen LogP contribution >= 0.6 is 0 Å². The molecule has 1 heteroatoms. The largest absolute Gasteiger partial charge is 0.316 e. The molecule has 0 saturated carbocycles. The van der Waals surface area contributed by atoms with E-state index in [4.69, 9.17) is 0 Å². The molecule has 12 heavy (non-hydrogen) atoms. The summed E-state index contributed by atoms with van der Waals surface area (Å²) in [6.45, 7) is 7.02. The first-order valence-corrected chi connectivity index (χ1v) is 5.35. The summed E-state index contributed by atoms with van der Waals surface area (Å²) in [5.41, 5.74) is 0. The summed E-state index contributed by atoms with van der Waals surface area (Å²) in [7, 11) is 0. The van der Waals surface area contributed by atoms with E-state index >= 15 is 0 Å². The van der Waals surface area contributed by atoms with E-state index in [-0.39, 0.29) is 0 Å². The number of hydrogen-bond acceptors (Lipinski definition) is 1. The quantitative estimate of drug-likeness (QED) is 0.680. The average molecular weight is 168 g/mol. The molecule has 1 aliphatic heterocycles. The molecule has 0 aliphatic carbocycles. The van der Waals surface area contributed by atoms with Crippen LogP contribution in [0.25, 0.3) is 0 Å². The van der Waals surface area contributed by atoms with E-state index < -0.39 is 0 Å². The topological polar surface area (TPSA) is 12.0 Å². The van der Waals surface area contributed by atoms with Crippen molar-refractivity contribution in [1.82, 2.24) is 5.32 Å². The molecule has 0 aromatic heterocycles. The van der Waals surface area contributed by atoms with Gasteiger partial charge in [-0.05, 0) is 44.2 Å². The smallest absolute Gasteiger partial charge is 0.00172 e. The van der Waals surface area contributed by atoms with Crippen LogP contribution in [0.2, 0.25) is 0 Å². The zero-order chi connectivity index (χ0) is 8.81. The van der Waals surface area contributed by atoms with Crippen molar-refractivity contribution in [3.8, 4) is 0 Å². The Kier molecular flexibility index (Phi) is 4.67. The SMILES string of the molecule is CCC(C)CCC1C[CH]CNC1. The molecular weight excluding hydrogens is 146 g/mol. The molecule has 1 N–H and O–H groups in total. The summed E-state index contributed by atoms with van der Waals surface area (Å²) in [5.74, 6) is 1.85. The molecule has 1 radical (unpaired) electrons. The lowest BCUT2D eigenvalue weighted by Crippen LogP contribution is -2.30. The Labute approximate surface area is 76.9 Å². The van der Waals surface area contributed by atoms with Crippen molar-refractivity contribution >= 4 is 0 Å². The summed E-state index contributed by atoms with van der Waals surface area (Å²) in [6.07, 6.45) is 7.88. The fourth-order valence-electron chi connectivity index (χ4n) is 1.74. The van der Waals surface area contributed by atoms with Crippen molar-refractivity contribution in [1.29, 1.82) is 0 Å². The maximum Gasteiger partial charge on any atom is -0.00172 e. The van der Waals surface area contributed by atoms with E-state index in [2.05, 4.69) is 25.6 Å². The third kappa shape index (κ3) is 3.57. The van der Waals surface area contributed by atoms with Crippen LogP contribution in [-0.2, 0) is 0 Å². The maximum atomic E-state index is 3.42. The molecule has 1 aliphatic rings. The van der Waals surface area contributed by atoms with Crippen LogP contribution in [-0.4, -0.2) is 13.1 Å². The van der Waals surface area contributed by atoms with Crippen molar-refractivity contribution in [3.63, 3.8) is 0 Å². The van der Waals surface area contributed by atoms with Crippen molar-refractivity contribution in [2.24, 2.45) is 11.8 Å². The van der Waals surface area contributed by atoms with Gasteiger partial charge in [-0.25, -0.2) is 0 Å². The van der Waals surface area contributed by atoms with Crippen molar-refractivity contribution in [3.05, 3.63) is 6.42 Å². The average Bonchev–Trinajstić information content (AvgIpc) is 2.16. The summed E-state index contributed by atoms with van der Waals surface area (Å²) in [6, 6.07) is 0. The number of piperidine rings is 1. The van der Waals surface area contributed by atoms with Gasteiger partial charge in [0.1, 0.15) is 0 Å². The first-order valence-electron chi connectivity index (χ1n) is 5.35. The summed E-state index contributed by atoms with van der Waals surface area (Å²) >= 11 is 0. The second kappa shape index (κ2) is 5.58. The second-order valence-electron chi connectivity index (χ2n) is 4.14. The van der Waals surface area contributed by atoms with Gasteiger partial charge >= 0.3 is 0 Å². The summed E-state index contributed by atoms with van der Waals surface area (Å²) < 4.78 is 0. The lowest BCUT2D eigenvalue weighted by atomic mass is 9.90. The lowest BCUT2D eigenvalue weighted by Gasteiger charge is -2.23. The Morgan fingerprint density at radius 1 is 1.58 bits per heavy atom.